The summed E-state index contributed by atoms with van der Waals surface area (Å²) >= 11 is 5.82. The predicted molar refractivity (Wildman–Crippen MR) is 68.3 cm³/mol. The van der Waals surface area contributed by atoms with Crippen LogP contribution in [0.4, 0.5) is 24.7 Å². The second-order valence-electron chi connectivity index (χ2n) is 3.75. The Hall–Kier alpha value is -2.02. The fourth-order valence-electron chi connectivity index (χ4n) is 1.50. The minimum absolute atomic E-state index is 0.108. The molecule has 1 heterocycles. The molecule has 0 bridgehead atoms. The van der Waals surface area contributed by atoms with E-state index < -0.39 is 11.7 Å². The Morgan fingerprint density at radius 1 is 1.15 bits per heavy atom. The highest BCUT2D eigenvalue weighted by Gasteiger charge is 2.29. The Morgan fingerprint density at radius 2 is 1.80 bits per heavy atom. The van der Waals surface area contributed by atoms with Crippen LogP contribution in [0.25, 0.3) is 0 Å². The molecule has 0 saturated carbocycles. The van der Waals surface area contributed by atoms with Gasteiger partial charge in [0.25, 0.3) is 0 Å². The lowest BCUT2D eigenvalue weighted by Gasteiger charge is -2.11. The molecule has 0 atom stereocenters. The number of hydrogen-bond donors (Lipinski definition) is 1. The van der Waals surface area contributed by atoms with Gasteiger partial charge in [0.2, 0.25) is 0 Å². The summed E-state index contributed by atoms with van der Waals surface area (Å²) in [5.41, 5.74) is -0.304. The first-order valence-electron chi connectivity index (χ1n) is 5.40. The van der Waals surface area contributed by atoms with Crippen LogP contribution < -0.4 is 10.1 Å². The summed E-state index contributed by atoms with van der Waals surface area (Å²) in [5.74, 6) is 0.487. The number of ether oxygens (including phenoxy) is 1. The average Bonchev–Trinajstić information content (AvgIpc) is 2.38. The first kappa shape index (κ1) is 14.4. The van der Waals surface area contributed by atoms with Crippen molar-refractivity contribution >= 4 is 23.1 Å². The topological polar surface area (TPSA) is 47.0 Å². The first-order valence-corrected chi connectivity index (χ1v) is 5.78. The van der Waals surface area contributed by atoms with Crippen molar-refractivity contribution in [1.29, 1.82) is 0 Å². The molecule has 0 aliphatic heterocycles. The van der Waals surface area contributed by atoms with Gasteiger partial charge in [-0.3, -0.25) is 0 Å². The number of anilines is 2. The lowest BCUT2D eigenvalue weighted by molar-refractivity contribution is -0.137. The maximum Gasteiger partial charge on any atom is 0.416 e. The Kier molecular flexibility index (Phi) is 3.99. The number of aromatic nitrogens is 2. The predicted octanol–water partition coefficient (Wildman–Crippen LogP) is 3.90. The van der Waals surface area contributed by atoms with E-state index >= 15 is 0 Å². The first-order chi connectivity index (χ1) is 9.41. The van der Waals surface area contributed by atoms with Crippen LogP contribution in [0.1, 0.15) is 5.56 Å². The largest absolute Gasteiger partial charge is 0.490 e. The third kappa shape index (κ3) is 3.11. The minimum Gasteiger partial charge on any atom is -0.490 e. The van der Waals surface area contributed by atoms with E-state index in [-0.39, 0.29) is 16.7 Å². The van der Waals surface area contributed by atoms with Crippen molar-refractivity contribution in [3.63, 3.8) is 0 Å². The molecule has 0 radical (unpaired) electrons. The zero-order chi connectivity index (χ0) is 14.8. The Balaban J connectivity index is 2.25. The standard InChI is InChI=1S/C12H9ClF3N3O/c1-20-9-10(13)17-6-18-11(9)19-8-4-2-7(3-5-8)12(14,15)16/h2-6H,1H3,(H,17,18,19). The molecule has 4 nitrogen and oxygen atoms in total. The number of rotatable bonds is 3. The van der Waals surface area contributed by atoms with Gasteiger partial charge in [-0.1, -0.05) is 11.6 Å². The molecule has 0 amide bonds. The van der Waals surface area contributed by atoms with E-state index in [2.05, 4.69) is 15.3 Å². The molecule has 0 aliphatic rings. The summed E-state index contributed by atoms with van der Waals surface area (Å²) in [6, 6.07) is 4.52. The van der Waals surface area contributed by atoms with Gasteiger partial charge in [0.05, 0.1) is 12.7 Å². The molecule has 1 aromatic heterocycles. The summed E-state index contributed by atoms with van der Waals surface area (Å²) in [5, 5.41) is 2.92. The summed E-state index contributed by atoms with van der Waals surface area (Å²) in [4.78, 5) is 7.66. The van der Waals surface area contributed by atoms with Crippen LogP contribution in [0.2, 0.25) is 5.15 Å². The van der Waals surface area contributed by atoms with Crippen LogP contribution >= 0.6 is 11.6 Å². The summed E-state index contributed by atoms with van der Waals surface area (Å²) < 4.78 is 42.3. The molecule has 0 fully saturated rings. The Labute approximate surface area is 117 Å². The van der Waals surface area contributed by atoms with E-state index in [1.807, 2.05) is 0 Å². The van der Waals surface area contributed by atoms with Gasteiger partial charge in [-0.05, 0) is 24.3 Å². The lowest BCUT2D eigenvalue weighted by atomic mass is 10.2. The van der Waals surface area contributed by atoms with Crippen molar-refractivity contribution in [2.75, 3.05) is 12.4 Å². The molecule has 2 rings (SSSR count). The van der Waals surface area contributed by atoms with Crippen LogP contribution in [0, 0.1) is 0 Å². The van der Waals surface area contributed by atoms with Gasteiger partial charge in [0, 0.05) is 5.69 Å². The number of benzene rings is 1. The average molecular weight is 304 g/mol. The SMILES string of the molecule is COc1c(Cl)ncnc1Nc1ccc(C(F)(F)F)cc1. The highest BCUT2D eigenvalue weighted by molar-refractivity contribution is 6.31. The summed E-state index contributed by atoms with van der Waals surface area (Å²) in [7, 11) is 1.39. The van der Waals surface area contributed by atoms with Crippen molar-refractivity contribution in [2.45, 2.75) is 6.18 Å². The monoisotopic (exact) mass is 303 g/mol. The normalized spacial score (nSPS) is 11.2. The zero-order valence-corrected chi connectivity index (χ0v) is 11.0. The number of nitrogens with zero attached hydrogens (tertiary/aromatic N) is 2. The van der Waals surface area contributed by atoms with Gasteiger partial charge >= 0.3 is 6.18 Å². The lowest BCUT2D eigenvalue weighted by Crippen LogP contribution is -2.05. The van der Waals surface area contributed by atoms with E-state index in [1.54, 1.807) is 0 Å². The van der Waals surface area contributed by atoms with Crippen molar-refractivity contribution in [2.24, 2.45) is 0 Å². The quantitative estimate of drug-likeness (QED) is 0.874. The molecule has 0 spiro atoms. The molecular weight excluding hydrogens is 295 g/mol. The second kappa shape index (κ2) is 5.54. The Morgan fingerprint density at radius 3 is 2.35 bits per heavy atom. The third-order valence-electron chi connectivity index (χ3n) is 2.44. The van der Waals surface area contributed by atoms with Crippen molar-refractivity contribution in [3.8, 4) is 5.75 Å². The third-order valence-corrected chi connectivity index (χ3v) is 2.71. The number of halogens is 4. The van der Waals surface area contributed by atoms with Crippen LogP contribution in [0.3, 0.4) is 0 Å². The molecule has 0 aliphatic carbocycles. The maximum absolute atomic E-state index is 12.4. The zero-order valence-electron chi connectivity index (χ0n) is 10.2. The maximum atomic E-state index is 12.4. The van der Waals surface area contributed by atoms with Crippen LogP contribution in [-0.4, -0.2) is 17.1 Å². The number of nitrogens with one attached hydrogen (secondary N) is 1. The number of hydrogen-bond acceptors (Lipinski definition) is 4. The fraction of sp³-hybridized carbons (Fsp3) is 0.167. The smallest absolute Gasteiger partial charge is 0.416 e. The van der Waals surface area contributed by atoms with Crippen LogP contribution in [-0.2, 0) is 6.18 Å². The van der Waals surface area contributed by atoms with Crippen molar-refractivity contribution in [1.82, 2.24) is 9.97 Å². The molecule has 1 N–H and O–H groups in total. The van der Waals surface area contributed by atoms with Gasteiger partial charge in [-0.15, -0.1) is 0 Å². The molecule has 0 unspecified atom stereocenters. The minimum atomic E-state index is -4.37. The molecule has 106 valence electrons. The van der Waals surface area contributed by atoms with Gasteiger partial charge < -0.3 is 10.1 Å². The van der Waals surface area contributed by atoms with E-state index in [4.69, 9.17) is 16.3 Å². The second-order valence-corrected chi connectivity index (χ2v) is 4.10. The molecule has 0 saturated heterocycles. The van der Waals surface area contributed by atoms with E-state index in [1.165, 1.54) is 25.6 Å². The van der Waals surface area contributed by atoms with Gasteiger partial charge in [0.1, 0.15) is 6.33 Å². The summed E-state index contributed by atoms with van der Waals surface area (Å²) in [6.45, 7) is 0. The van der Waals surface area contributed by atoms with E-state index in [0.29, 0.717) is 5.69 Å². The van der Waals surface area contributed by atoms with Crippen molar-refractivity contribution in [3.05, 3.63) is 41.3 Å². The van der Waals surface area contributed by atoms with E-state index in [0.717, 1.165) is 12.1 Å². The van der Waals surface area contributed by atoms with Crippen molar-refractivity contribution < 1.29 is 17.9 Å². The fourth-order valence-corrected chi connectivity index (χ4v) is 1.71. The highest BCUT2D eigenvalue weighted by atomic mass is 35.5. The van der Waals surface area contributed by atoms with Crippen LogP contribution in [0.15, 0.2) is 30.6 Å². The summed E-state index contributed by atoms with van der Waals surface area (Å²) in [6.07, 6.45) is -3.15. The van der Waals surface area contributed by atoms with Gasteiger partial charge in [0.15, 0.2) is 16.7 Å². The van der Waals surface area contributed by atoms with Gasteiger partial charge in [-0.25, -0.2) is 9.97 Å². The molecule has 8 heteroatoms. The Bertz CT molecular complexity index is 602. The molecular formula is C12H9ClF3N3O. The van der Waals surface area contributed by atoms with Crippen LogP contribution in [0.5, 0.6) is 5.75 Å². The highest BCUT2D eigenvalue weighted by Crippen LogP contribution is 2.33. The number of methoxy groups -OCH3 is 1. The molecule has 2 aromatic rings. The number of alkyl halides is 3. The molecule has 1 aromatic carbocycles. The molecule has 20 heavy (non-hydrogen) atoms. The van der Waals surface area contributed by atoms with Gasteiger partial charge in [-0.2, -0.15) is 13.2 Å². The van der Waals surface area contributed by atoms with E-state index in [9.17, 15) is 13.2 Å².